The largest absolute Gasteiger partial charge is 0.385 e. The van der Waals surface area contributed by atoms with Crippen LogP contribution in [-0.2, 0) is 10.3 Å². The van der Waals surface area contributed by atoms with Crippen LogP contribution in [0.3, 0.4) is 0 Å². The third-order valence-electron chi connectivity index (χ3n) is 2.64. The maximum Gasteiger partial charge on any atom is 0.123 e. The van der Waals surface area contributed by atoms with Crippen molar-refractivity contribution >= 4 is 0 Å². The van der Waals surface area contributed by atoms with Crippen LogP contribution in [0.1, 0.15) is 24.5 Å². The molecule has 1 atom stereocenters. The number of rotatable bonds is 4. The van der Waals surface area contributed by atoms with Gasteiger partial charge in [-0.05, 0) is 43.5 Å². The van der Waals surface area contributed by atoms with Crippen LogP contribution < -0.4 is 5.73 Å². The molecule has 0 fully saturated rings. The molecule has 2 N–H and O–H groups in total. The number of methoxy groups -OCH3 is 1. The summed E-state index contributed by atoms with van der Waals surface area (Å²) in [6.45, 7) is 4.41. The van der Waals surface area contributed by atoms with E-state index in [9.17, 15) is 4.39 Å². The predicted molar refractivity (Wildman–Crippen MR) is 59.2 cm³/mol. The van der Waals surface area contributed by atoms with Gasteiger partial charge in [-0.15, -0.1) is 0 Å². The summed E-state index contributed by atoms with van der Waals surface area (Å²) in [7, 11) is 1.63. The SMILES string of the molecule is COCCC(C)(N)c1cc(F)ccc1C. The van der Waals surface area contributed by atoms with Crippen molar-refractivity contribution in [2.75, 3.05) is 13.7 Å². The number of halogens is 1. The molecule has 1 unspecified atom stereocenters. The number of hydrogen-bond donors (Lipinski definition) is 1. The number of ether oxygens (including phenoxy) is 1. The lowest BCUT2D eigenvalue weighted by Gasteiger charge is -2.26. The summed E-state index contributed by atoms with van der Waals surface area (Å²) in [5.74, 6) is -0.246. The minimum Gasteiger partial charge on any atom is -0.385 e. The molecule has 0 aliphatic heterocycles. The van der Waals surface area contributed by atoms with Gasteiger partial charge in [-0.2, -0.15) is 0 Å². The smallest absolute Gasteiger partial charge is 0.123 e. The average Bonchev–Trinajstić information content (AvgIpc) is 2.18. The highest BCUT2D eigenvalue weighted by Crippen LogP contribution is 2.25. The first-order valence-electron chi connectivity index (χ1n) is 5.02. The minimum atomic E-state index is -0.539. The Hall–Kier alpha value is -0.930. The van der Waals surface area contributed by atoms with Gasteiger partial charge in [-0.1, -0.05) is 6.07 Å². The zero-order valence-electron chi connectivity index (χ0n) is 9.51. The molecule has 84 valence electrons. The molecule has 0 amide bonds. The number of hydrogen-bond acceptors (Lipinski definition) is 2. The van der Waals surface area contributed by atoms with E-state index in [0.29, 0.717) is 13.0 Å². The van der Waals surface area contributed by atoms with E-state index >= 15 is 0 Å². The van der Waals surface area contributed by atoms with Crippen molar-refractivity contribution in [3.63, 3.8) is 0 Å². The Labute approximate surface area is 90.2 Å². The van der Waals surface area contributed by atoms with Crippen LogP contribution in [0.5, 0.6) is 0 Å². The van der Waals surface area contributed by atoms with Crippen molar-refractivity contribution in [2.45, 2.75) is 25.8 Å². The summed E-state index contributed by atoms with van der Waals surface area (Å²) in [5, 5.41) is 0. The second-order valence-electron chi connectivity index (χ2n) is 4.12. The quantitative estimate of drug-likeness (QED) is 0.829. The van der Waals surface area contributed by atoms with E-state index in [0.717, 1.165) is 11.1 Å². The van der Waals surface area contributed by atoms with Crippen LogP contribution in [0.15, 0.2) is 18.2 Å². The maximum absolute atomic E-state index is 13.1. The third-order valence-corrected chi connectivity index (χ3v) is 2.64. The summed E-state index contributed by atoms with van der Waals surface area (Å²) in [6, 6.07) is 4.71. The van der Waals surface area contributed by atoms with Crippen LogP contribution in [0, 0.1) is 12.7 Å². The molecule has 0 spiro atoms. The van der Waals surface area contributed by atoms with Gasteiger partial charge in [0.25, 0.3) is 0 Å². The van der Waals surface area contributed by atoms with E-state index in [-0.39, 0.29) is 5.82 Å². The van der Waals surface area contributed by atoms with Gasteiger partial charge < -0.3 is 10.5 Å². The molecule has 0 saturated carbocycles. The van der Waals surface area contributed by atoms with Crippen LogP contribution in [0.2, 0.25) is 0 Å². The van der Waals surface area contributed by atoms with Gasteiger partial charge in [-0.3, -0.25) is 0 Å². The minimum absolute atomic E-state index is 0.246. The zero-order valence-corrected chi connectivity index (χ0v) is 9.51. The topological polar surface area (TPSA) is 35.2 Å². The fraction of sp³-hybridized carbons (Fsp3) is 0.500. The summed E-state index contributed by atoms with van der Waals surface area (Å²) in [6.07, 6.45) is 0.674. The number of aryl methyl sites for hydroxylation is 1. The summed E-state index contributed by atoms with van der Waals surface area (Å²) in [5.41, 5.74) is 7.47. The van der Waals surface area contributed by atoms with E-state index in [1.165, 1.54) is 12.1 Å². The van der Waals surface area contributed by atoms with E-state index in [1.807, 2.05) is 13.8 Å². The molecule has 0 saturated heterocycles. The highest BCUT2D eigenvalue weighted by Gasteiger charge is 2.23. The predicted octanol–water partition coefficient (Wildman–Crippen LogP) is 2.34. The number of benzene rings is 1. The van der Waals surface area contributed by atoms with E-state index in [4.69, 9.17) is 10.5 Å². The van der Waals surface area contributed by atoms with Gasteiger partial charge in [0.15, 0.2) is 0 Å². The Balaban J connectivity index is 2.97. The highest BCUT2D eigenvalue weighted by atomic mass is 19.1. The first kappa shape index (κ1) is 12.1. The molecule has 3 heteroatoms. The molecule has 0 bridgehead atoms. The lowest BCUT2D eigenvalue weighted by molar-refractivity contribution is 0.171. The van der Waals surface area contributed by atoms with Gasteiger partial charge in [0.1, 0.15) is 5.82 Å². The number of nitrogens with two attached hydrogens (primary N) is 1. The maximum atomic E-state index is 13.1. The summed E-state index contributed by atoms with van der Waals surface area (Å²) < 4.78 is 18.1. The Morgan fingerprint density at radius 3 is 2.73 bits per heavy atom. The van der Waals surface area contributed by atoms with E-state index in [2.05, 4.69) is 0 Å². The Bertz CT molecular complexity index is 336. The lowest BCUT2D eigenvalue weighted by atomic mass is 9.87. The Morgan fingerprint density at radius 1 is 1.47 bits per heavy atom. The summed E-state index contributed by atoms with van der Waals surface area (Å²) >= 11 is 0. The average molecular weight is 211 g/mol. The van der Waals surface area contributed by atoms with Gasteiger partial charge in [0.2, 0.25) is 0 Å². The summed E-state index contributed by atoms with van der Waals surface area (Å²) in [4.78, 5) is 0. The Kier molecular flexibility index (Phi) is 3.83. The molecular weight excluding hydrogens is 193 g/mol. The standard InChI is InChI=1S/C12H18FNO/c1-9-4-5-10(13)8-11(9)12(2,14)6-7-15-3/h4-5,8H,6-7,14H2,1-3H3. The zero-order chi connectivity index (χ0) is 11.5. The first-order chi connectivity index (χ1) is 6.97. The van der Waals surface area contributed by atoms with Crippen molar-refractivity contribution in [1.82, 2.24) is 0 Å². The van der Waals surface area contributed by atoms with Crippen molar-refractivity contribution in [2.24, 2.45) is 5.73 Å². The van der Waals surface area contributed by atoms with Gasteiger partial charge >= 0.3 is 0 Å². The van der Waals surface area contributed by atoms with Crippen molar-refractivity contribution < 1.29 is 9.13 Å². The molecule has 0 aliphatic rings. The normalized spacial score (nSPS) is 15.0. The molecular formula is C12H18FNO. The molecule has 1 aromatic carbocycles. The van der Waals surface area contributed by atoms with Crippen LogP contribution in [0.25, 0.3) is 0 Å². The van der Waals surface area contributed by atoms with Crippen molar-refractivity contribution in [1.29, 1.82) is 0 Å². The molecule has 0 radical (unpaired) electrons. The second kappa shape index (κ2) is 4.73. The van der Waals surface area contributed by atoms with Crippen molar-refractivity contribution in [3.05, 3.63) is 35.1 Å². The fourth-order valence-electron chi connectivity index (χ4n) is 1.66. The molecule has 0 aromatic heterocycles. The van der Waals surface area contributed by atoms with Gasteiger partial charge in [0, 0.05) is 19.3 Å². The molecule has 1 aromatic rings. The molecule has 0 aliphatic carbocycles. The van der Waals surface area contributed by atoms with Gasteiger partial charge in [-0.25, -0.2) is 4.39 Å². The van der Waals surface area contributed by atoms with Crippen LogP contribution in [0.4, 0.5) is 4.39 Å². The van der Waals surface area contributed by atoms with Crippen molar-refractivity contribution in [3.8, 4) is 0 Å². The van der Waals surface area contributed by atoms with Crippen LogP contribution >= 0.6 is 0 Å². The second-order valence-corrected chi connectivity index (χ2v) is 4.12. The fourth-order valence-corrected chi connectivity index (χ4v) is 1.66. The highest BCUT2D eigenvalue weighted by molar-refractivity contribution is 5.32. The molecule has 0 heterocycles. The molecule has 1 rings (SSSR count). The lowest BCUT2D eigenvalue weighted by Crippen LogP contribution is -2.35. The van der Waals surface area contributed by atoms with Gasteiger partial charge in [0.05, 0.1) is 0 Å². The van der Waals surface area contributed by atoms with E-state index in [1.54, 1.807) is 13.2 Å². The van der Waals surface area contributed by atoms with Crippen LogP contribution in [-0.4, -0.2) is 13.7 Å². The first-order valence-corrected chi connectivity index (χ1v) is 5.02. The third kappa shape index (κ3) is 3.01. The Morgan fingerprint density at radius 2 is 2.13 bits per heavy atom. The molecule has 15 heavy (non-hydrogen) atoms. The monoisotopic (exact) mass is 211 g/mol. The van der Waals surface area contributed by atoms with E-state index < -0.39 is 5.54 Å². The molecule has 2 nitrogen and oxygen atoms in total.